The second kappa shape index (κ2) is 4.63. The Morgan fingerprint density at radius 2 is 2.10 bits per heavy atom. The third-order valence-electron chi connectivity index (χ3n) is 3.41. The van der Waals surface area contributed by atoms with Gasteiger partial charge in [0.25, 0.3) is 0 Å². The van der Waals surface area contributed by atoms with Gasteiger partial charge in [0.1, 0.15) is 17.2 Å². The Bertz CT molecular complexity index is 889. The molecule has 21 heavy (non-hydrogen) atoms. The molecule has 0 atom stereocenters. The SMILES string of the molecule is Cc1cc(NCc2cc3ccccc3o2)n2nccc2n1. The van der Waals surface area contributed by atoms with E-state index in [2.05, 4.69) is 21.5 Å². The summed E-state index contributed by atoms with van der Waals surface area (Å²) in [6, 6.07) is 13.9. The summed E-state index contributed by atoms with van der Waals surface area (Å²) < 4.78 is 7.59. The van der Waals surface area contributed by atoms with Crippen LogP contribution in [0.1, 0.15) is 11.5 Å². The van der Waals surface area contributed by atoms with Crippen molar-refractivity contribution >= 4 is 22.4 Å². The fraction of sp³-hybridized carbons (Fsp3) is 0.125. The van der Waals surface area contributed by atoms with E-state index in [9.17, 15) is 0 Å². The summed E-state index contributed by atoms with van der Waals surface area (Å²) in [5.41, 5.74) is 2.70. The summed E-state index contributed by atoms with van der Waals surface area (Å²) in [7, 11) is 0. The molecule has 0 aliphatic carbocycles. The summed E-state index contributed by atoms with van der Waals surface area (Å²) in [6.45, 7) is 2.58. The molecular formula is C16H14N4O. The zero-order chi connectivity index (χ0) is 14.2. The molecule has 0 aliphatic rings. The number of anilines is 1. The first-order valence-corrected chi connectivity index (χ1v) is 6.82. The molecule has 4 rings (SSSR count). The lowest BCUT2D eigenvalue weighted by Gasteiger charge is -2.07. The van der Waals surface area contributed by atoms with Crippen molar-refractivity contribution in [3.8, 4) is 0 Å². The minimum Gasteiger partial charge on any atom is -0.459 e. The van der Waals surface area contributed by atoms with Gasteiger partial charge in [0.15, 0.2) is 5.65 Å². The Labute approximate surface area is 121 Å². The average molecular weight is 278 g/mol. The maximum absolute atomic E-state index is 5.81. The van der Waals surface area contributed by atoms with Crippen molar-refractivity contribution in [3.63, 3.8) is 0 Å². The van der Waals surface area contributed by atoms with E-state index in [0.29, 0.717) is 6.54 Å². The molecule has 0 bridgehead atoms. The van der Waals surface area contributed by atoms with E-state index in [4.69, 9.17) is 4.42 Å². The molecule has 3 heterocycles. The number of aryl methyl sites for hydroxylation is 1. The van der Waals surface area contributed by atoms with Crippen LogP contribution in [0.5, 0.6) is 0 Å². The van der Waals surface area contributed by atoms with E-state index in [-0.39, 0.29) is 0 Å². The molecule has 0 saturated heterocycles. The largest absolute Gasteiger partial charge is 0.459 e. The van der Waals surface area contributed by atoms with E-state index in [1.54, 1.807) is 10.7 Å². The molecule has 1 N–H and O–H groups in total. The predicted octanol–water partition coefficient (Wildman–Crippen LogP) is 3.40. The van der Waals surface area contributed by atoms with Gasteiger partial charge in [-0.3, -0.25) is 0 Å². The topological polar surface area (TPSA) is 55.4 Å². The van der Waals surface area contributed by atoms with Crippen molar-refractivity contribution in [2.75, 3.05) is 5.32 Å². The van der Waals surface area contributed by atoms with Crippen LogP contribution in [-0.2, 0) is 6.54 Å². The molecule has 0 aliphatic heterocycles. The van der Waals surface area contributed by atoms with Crippen molar-refractivity contribution in [2.24, 2.45) is 0 Å². The van der Waals surface area contributed by atoms with Crippen LogP contribution in [0.3, 0.4) is 0 Å². The van der Waals surface area contributed by atoms with Crippen molar-refractivity contribution in [3.05, 3.63) is 60.1 Å². The number of nitrogens with one attached hydrogen (secondary N) is 1. The number of hydrogen-bond donors (Lipinski definition) is 1. The zero-order valence-corrected chi connectivity index (χ0v) is 11.6. The van der Waals surface area contributed by atoms with Crippen LogP contribution in [0.4, 0.5) is 5.82 Å². The lowest BCUT2D eigenvalue weighted by molar-refractivity contribution is 0.558. The van der Waals surface area contributed by atoms with Crippen molar-refractivity contribution < 1.29 is 4.42 Å². The zero-order valence-electron chi connectivity index (χ0n) is 11.6. The first-order chi connectivity index (χ1) is 10.3. The summed E-state index contributed by atoms with van der Waals surface area (Å²) in [5.74, 6) is 1.80. The minimum atomic E-state index is 0.604. The predicted molar refractivity (Wildman–Crippen MR) is 81.3 cm³/mol. The Kier molecular flexibility index (Phi) is 2.64. The van der Waals surface area contributed by atoms with E-state index >= 15 is 0 Å². The summed E-state index contributed by atoms with van der Waals surface area (Å²) in [6.07, 6.45) is 1.74. The highest BCUT2D eigenvalue weighted by Crippen LogP contribution is 2.20. The molecule has 5 heteroatoms. The summed E-state index contributed by atoms with van der Waals surface area (Å²) >= 11 is 0. The molecule has 4 aromatic rings. The van der Waals surface area contributed by atoms with Gasteiger partial charge in [0, 0.05) is 23.2 Å². The second-order valence-electron chi connectivity index (χ2n) is 4.99. The molecular weight excluding hydrogens is 264 g/mol. The second-order valence-corrected chi connectivity index (χ2v) is 4.99. The van der Waals surface area contributed by atoms with Crippen LogP contribution in [0.25, 0.3) is 16.6 Å². The molecule has 1 aromatic carbocycles. The van der Waals surface area contributed by atoms with Gasteiger partial charge in [-0.1, -0.05) is 18.2 Å². The van der Waals surface area contributed by atoms with Crippen molar-refractivity contribution in [1.29, 1.82) is 0 Å². The van der Waals surface area contributed by atoms with E-state index < -0.39 is 0 Å². The summed E-state index contributed by atoms with van der Waals surface area (Å²) in [5, 5.41) is 8.75. The van der Waals surface area contributed by atoms with Gasteiger partial charge in [-0.2, -0.15) is 9.61 Å². The molecule has 104 valence electrons. The van der Waals surface area contributed by atoms with Gasteiger partial charge in [-0.15, -0.1) is 0 Å². The first-order valence-electron chi connectivity index (χ1n) is 6.82. The third kappa shape index (κ3) is 2.12. The standard InChI is InChI=1S/C16H14N4O/c1-11-8-16(20-15(19-11)6-7-18-20)17-10-13-9-12-4-2-3-5-14(12)21-13/h2-9,17H,10H2,1H3. The average Bonchev–Trinajstić information content (AvgIpc) is 3.10. The number of hydrogen-bond acceptors (Lipinski definition) is 4. The minimum absolute atomic E-state index is 0.604. The van der Waals surface area contributed by atoms with Crippen LogP contribution in [0, 0.1) is 6.92 Å². The molecule has 0 radical (unpaired) electrons. The summed E-state index contributed by atoms with van der Waals surface area (Å²) in [4.78, 5) is 4.42. The molecule has 0 unspecified atom stereocenters. The van der Waals surface area contributed by atoms with Crippen LogP contribution in [0.15, 0.2) is 53.1 Å². The van der Waals surface area contributed by atoms with Gasteiger partial charge in [0.2, 0.25) is 0 Å². The Morgan fingerprint density at radius 1 is 1.19 bits per heavy atom. The van der Waals surface area contributed by atoms with Gasteiger partial charge in [-0.25, -0.2) is 4.98 Å². The van der Waals surface area contributed by atoms with E-state index in [1.165, 1.54) is 0 Å². The quantitative estimate of drug-likeness (QED) is 0.624. The van der Waals surface area contributed by atoms with Crippen LogP contribution in [0.2, 0.25) is 0 Å². The molecule has 5 nitrogen and oxygen atoms in total. The third-order valence-corrected chi connectivity index (χ3v) is 3.41. The number of furan rings is 1. The smallest absolute Gasteiger partial charge is 0.157 e. The Hall–Kier alpha value is -2.82. The number of benzene rings is 1. The van der Waals surface area contributed by atoms with Crippen molar-refractivity contribution in [2.45, 2.75) is 13.5 Å². The molecule has 0 saturated carbocycles. The van der Waals surface area contributed by atoms with Gasteiger partial charge >= 0.3 is 0 Å². The highest BCUT2D eigenvalue weighted by Gasteiger charge is 2.06. The Balaban J connectivity index is 1.64. The van der Waals surface area contributed by atoms with Crippen LogP contribution >= 0.6 is 0 Å². The van der Waals surface area contributed by atoms with E-state index in [0.717, 1.165) is 33.9 Å². The monoisotopic (exact) mass is 278 g/mol. The number of rotatable bonds is 3. The van der Waals surface area contributed by atoms with Crippen molar-refractivity contribution in [1.82, 2.24) is 14.6 Å². The molecule has 0 spiro atoms. The highest BCUT2D eigenvalue weighted by atomic mass is 16.3. The maximum atomic E-state index is 5.81. The fourth-order valence-electron chi connectivity index (χ4n) is 2.47. The van der Waals surface area contributed by atoms with Gasteiger partial charge < -0.3 is 9.73 Å². The van der Waals surface area contributed by atoms with Crippen LogP contribution in [-0.4, -0.2) is 14.6 Å². The van der Waals surface area contributed by atoms with Gasteiger partial charge in [-0.05, 0) is 19.1 Å². The fourth-order valence-corrected chi connectivity index (χ4v) is 2.47. The Morgan fingerprint density at radius 3 is 3.00 bits per heavy atom. The number of aromatic nitrogens is 3. The highest BCUT2D eigenvalue weighted by molar-refractivity contribution is 5.77. The number of fused-ring (bicyclic) bond motifs is 2. The van der Waals surface area contributed by atoms with E-state index in [1.807, 2.05) is 43.3 Å². The number of para-hydroxylation sites is 1. The number of nitrogens with zero attached hydrogens (tertiary/aromatic N) is 3. The lowest BCUT2D eigenvalue weighted by Crippen LogP contribution is -2.06. The molecule has 0 amide bonds. The molecule has 0 fully saturated rings. The molecule has 3 aromatic heterocycles. The normalized spacial score (nSPS) is 11.3. The first kappa shape index (κ1) is 12.0. The lowest BCUT2D eigenvalue weighted by atomic mass is 10.2. The van der Waals surface area contributed by atoms with Gasteiger partial charge in [0.05, 0.1) is 12.7 Å². The van der Waals surface area contributed by atoms with Crippen LogP contribution < -0.4 is 5.32 Å². The maximum Gasteiger partial charge on any atom is 0.157 e.